The SMILES string of the molecule is COc1cc(C(=O)OCC(=O)NC2(C#N)CCCCC2)cc(OC)c1OC. The molecule has 1 aliphatic carbocycles. The van der Waals surface area contributed by atoms with E-state index in [4.69, 9.17) is 18.9 Å². The van der Waals surface area contributed by atoms with Crippen molar-refractivity contribution in [3.8, 4) is 23.3 Å². The normalized spacial score (nSPS) is 15.2. The largest absolute Gasteiger partial charge is 0.493 e. The van der Waals surface area contributed by atoms with Gasteiger partial charge in [-0.2, -0.15) is 5.26 Å². The Kier molecular flexibility index (Phi) is 6.88. The molecule has 1 N–H and O–H groups in total. The first-order valence-electron chi connectivity index (χ1n) is 8.68. The van der Waals surface area contributed by atoms with Crippen molar-refractivity contribution in [3.63, 3.8) is 0 Å². The van der Waals surface area contributed by atoms with Gasteiger partial charge in [0, 0.05) is 0 Å². The van der Waals surface area contributed by atoms with E-state index in [2.05, 4.69) is 11.4 Å². The van der Waals surface area contributed by atoms with Crippen LogP contribution in [0.25, 0.3) is 0 Å². The van der Waals surface area contributed by atoms with Gasteiger partial charge in [0.1, 0.15) is 5.54 Å². The Bertz CT molecular complexity index is 709. The number of hydrogen-bond acceptors (Lipinski definition) is 7. The van der Waals surface area contributed by atoms with Crippen molar-refractivity contribution in [2.75, 3.05) is 27.9 Å². The lowest BCUT2D eigenvalue weighted by Crippen LogP contribution is -2.50. The van der Waals surface area contributed by atoms with Crippen molar-refractivity contribution in [1.82, 2.24) is 5.32 Å². The summed E-state index contributed by atoms with van der Waals surface area (Å²) >= 11 is 0. The van der Waals surface area contributed by atoms with Gasteiger partial charge in [0.05, 0.1) is 33.0 Å². The number of hydrogen-bond donors (Lipinski definition) is 1. The van der Waals surface area contributed by atoms with Crippen LogP contribution in [0.15, 0.2) is 12.1 Å². The van der Waals surface area contributed by atoms with E-state index in [1.54, 1.807) is 0 Å². The third kappa shape index (κ3) is 4.82. The van der Waals surface area contributed by atoms with Gasteiger partial charge < -0.3 is 24.3 Å². The van der Waals surface area contributed by atoms with E-state index in [0.717, 1.165) is 19.3 Å². The minimum absolute atomic E-state index is 0.157. The smallest absolute Gasteiger partial charge is 0.338 e. The lowest BCUT2D eigenvalue weighted by Gasteiger charge is -2.31. The molecule has 0 atom stereocenters. The van der Waals surface area contributed by atoms with Gasteiger partial charge in [0.15, 0.2) is 18.1 Å². The Morgan fingerprint density at radius 3 is 2.15 bits per heavy atom. The van der Waals surface area contributed by atoms with Crippen LogP contribution in [0.4, 0.5) is 0 Å². The number of carbonyl (C=O) groups excluding carboxylic acids is 2. The predicted molar refractivity (Wildman–Crippen MR) is 96.0 cm³/mol. The second-order valence-electron chi connectivity index (χ2n) is 6.29. The maximum atomic E-state index is 12.3. The monoisotopic (exact) mass is 376 g/mol. The molecule has 0 bridgehead atoms. The average molecular weight is 376 g/mol. The average Bonchev–Trinajstić information content (AvgIpc) is 2.71. The minimum Gasteiger partial charge on any atom is -0.493 e. The molecule has 146 valence electrons. The molecule has 1 aliphatic rings. The molecule has 2 rings (SSSR count). The number of carbonyl (C=O) groups is 2. The molecule has 0 spiro atoms. The Morgan fingerprint density at radius 2 is 1.67 bits per heavy atom. The lowest BCUT2D eigenvalue weighted by atomic mass is 9.83. The summed E-state index contributed by atoms with van der Waals surface area (Å²) < 4.78 is 20.7. The standard InChI is InChI=1S/C19H24N2O6/c1-24-14-9-13(10-15(25-2)17(14)26-3)18(23)27-11-16(22)21-19(12-20)7-5-4-6-8-19/h9-10H,4-8,11H2,1-3H3,(H,21,22). The summed E-state index contributed by atoms with van der Waals surface area (Å²) in [4.78, 5) is 24.5. The molecular formula is C19H24N2O6. The second-order valence-corrected chi connectivity index (χ2v) is 6.29. The molecule has 0 unspecified atom stereocenters. The highest BCUT2D eigenvalue weighted by Crippen LogP contribution is 2.38. The number of amides is 1. The van der Waals surface area contributed by atoms with Crippen molar-refractivity contribution in [1.29, 1.82) is 5.26 Å². The predicted octanol–water partition coefficient (Wildman–Crippen LogP) is 2.21. The van der Waals surface area contributed by atoms with E-state index in [1.807, 2.05) is 0 Å². The number of rotatable bonds is 7. The number of nitrogens with zero attached hydrogens (tertiary/aromatic N) is 1. The molecule has 1 amide bonds. The van der Waals surface area contributed by atoms with Gasteiger partial charge in [-0.3, -0.25) is 4.79 Å². The molecule has 0 radical (unpaired) electrons. The number of benzene rings is 1. The molecule has 1 saturated carbocycles. The molecule has 0 heterocycles. The van der Waals surface area contributed by atoms with Gasteiger partial charge in [-0.25, -0.2) is 4.79 Å². The van der Waals surface area contributed by atoms with Gasteiger partial charge in [0.2, 0.25) is 5.75 Å². The van der Waals surface area contributed by atoms with E-state index in [9.17, 15) is 14.9 Å². The number of ether oxygens (including phenoxy) is 4. The molecule has 1 fully saturated rings. The zero-order chi connectivity index (χ0) is 19.9. The highest BCUT2D eigenvalue weighted by Gasteiger charge is 2.33. The highest BCUT2D eigenvalue weighted by atomic mass is 16.5. The van der Waals surface area contributed by atoms with Gasteiger partial charge >= 0.3 is 5.97 Å². The molecule has 1 aromatic rings. The number of nitriles is 1. The quantitative estimate of drug-likeness (QED) is 0.727. The third-order valence-corrected chi connectivity index (χ3v) is 4.53. The summed E-state index contributed by atoms with van der Waals surface area (Å²) in [5, 5.41) is 12.1. The molecule has 0 aliphatic heterocycles. The maximum absolute atomic E-state index is 12.3. The van der Waals surface area contributed by atoms with Gasteiger partial charge in [-0.15, -0.1) is 0 Å². The Labute approximate surface area is 158 Å². The minimum atomic E-state index is -0.867. The van der Waals surface area contributed by atoms with E-state index in [-0.39, 0.29) is 5.56 Å². The number of esters is 1. The molecule has 27 heavy (non-hydrogen) atoms. The Balaban J connectivity index is 2.03. The highest BCUT2D eigenvalue weighted by molar-refractivity contribution is 5.93. The first-order chi connectivity index (χ1) is 13.0. The van der Waals surface area contributed by atoms with E-state index < -0.39 is 24.0 Å². The zero-order valence-corrected chi connectivity index (χ0v) is 15.8. The van der Waals surface area contributed by atoms with Gasteiger partial charge in [-0.1, -0.05) is 19.3 Å². The van der Waals surface area contributed by atoms with Crippen LogP contribution in [0.3, 0.4) is 0 Å². The van der Waals surface area contributed by atoms with E-state index in [0.29, 0.717) is 30.1 Å². The summed E-state index contributed by atoms with van der Waals surface area (Å²) in [6, 6.07) is 5.08. The van der Waals surface area contributed by atoms with Crippen molar-refractivity contribution >= 4 is 11.9 Å². The number of methoxy groups -OCH3 is 3. The van der Waals surface area contributed by atoms with Crippen molar-refractivity contribution in [2.24, 2.45) is 0 Å². The molecular weight excluding hydrogens is 352 g/mol. The van der Waals surface area contributed by atoms with Crippen LogP contribution in [0, 0.1) is 11.3 Å². The zero-order valence-electron chi connectivity index (χ0n) is 15.8. The van der Waals surface area contributed by atoms with Gasteiger partial charge in [-0.05, 0) is 25.0 Å². The molecule has 1 aromatic carbocycles. The molecule has 0 saturated heterocycles. The molecule has 8 nitrogen and oxygen atoms in total. The summed E-state index contributed by atoms with van der Waals surface area (Å²) in [7, 11) is 4.33. The fraction of sp³-hybridized carbons (Fsp3) is 0.526. The van der Waals surface area contributed by atoms with Crippen LogP contribution in [0.2, 0.25) is 0 Å². The first kappa shape index (κ1) is 20.4. The van der Waals surface area contributed by atoms with Crippen LogP contribution in [-0.4, -0.2) is 45.4 Å². The summed E-state index contributed by atoms with van der Waals surface area (Å²) in [5.74, 6) is -0.251. The molecule has 0 aromatic heterocycles. The lowest BCUT2D eigenvalue weighted by molar-refractivity contribution is -0.125. The topological polar surface area (TPSA) is 107 Å². The van der Waals surface area contributed by atoms with Crippen LogP contribution in [-0.2, 0) is 9.53 Å². The number of nitrogens with one attached hydrogen (secondary N) is 1. The summed E-state index contributed by atoms with van der Waals surface area (Å²) in [5.41, 5.74) is -0.709. The van der Waals surface area contributed by atoms with Gasteiger partial charge in [0.25, 0.3) is 5.91 Å². The third-order valence-electron chi connectivity index (χ3n) is 4.53. The molecule has 8 heteroatoms. The van der Waals surface area contributed by atoms with E-state index in [1.165, 1.54) is 33.5 Å². The summed E-state index contributed by atoms with van der Waals surface area (Å²) in [6.45, 7) is -0.473. The Hall–Kier alpha value is -2.95. The maximum Gasteiger partial charge on any atom is 0.338 e. The second kappa shape index (κ2) is 9.12. The van der Waals surface area contributed by atoms with E-state index >= 15 is 0 Å². The first-order valence-corrected chi connectivity index (χ1v) is 8.68. The van der Waals surface area contributed by atoms with Crippen LogP contribution < -0.4 is 19.5 Å². The van der Waals surface area contributed by atoms with Crippen LogP contribution in [0.1, 0.15) is 42.5 Å². The van der Waals surface area contributed by atoms with Crippen LogP contribution >= 0.6 is 0 Å². The fourth-order valence-corrected chi connectivity index (χ4v) is 3.14. The summed E-state index contributed by atoms with van der Waals surface area (Å²) in [6.07, 6.45) is 4.04. The van der Waals surface area contributed by atoms with Crippen molar-refractivity contribution < 1.29 is 28.5 Å². The Morgan fingerprint density at radius 1 is 1.07 bits per heavy atom. The van der Waals surface area contributed by atoms with Crippen molar-refractivity contribution in [2.45, 2.75) is 37.6 Å². The van der Waals surface area contributed by atoms with Crippen molar-refractivity contribution in [3.05, 3.63) is 17.7 Å². The van der Waals surface area contributed by atoms with Crippen LogP contribution in [0.5, 0.6) is 17.2 Å². The fourth-order valence-electron chi connectivity index (χ4n) is 3.14.